The lowest BCUT2D eigenvalue weighted by atomic mass is 9.64. The fraction of sp³-hybridized carbons (Fsp3) is 0.581. The SMILES string of the molecule is C=CCN(C)C(=O)[C@@H]1[C@H]2C(=O)N(CCCCCO)C(C(=O)N(CC=C)Cc3ccccc3)C23CC[C@@]1(CC)O3. The van der Waals surface area contributed by atoms with E-state index in [1.807, 2.05) is 37.3 Å². The van der Waals surface area contributed by atoms with E-state index in [2.05, 4.69) is 13.2 Å². The monoisotopic (exact) mass is 537 g/mol. The third-order valence-corrected chi connectivity index (χ3v) is 8.89. The summed E-state index contributed by atoms with van der Waals surface area (Å²) in [7, 11) is 1.73. The Bertz CT molecular complexity index is 1080. The van der Waals surface area contributed by atoms with Crippen molar-refractivity contribution in [3.8, 4) is 0 Å². The Morgan fingerprint density at radius 1 is 1.10 bits per heavy atom. The fourth-order valence-corrected chi connectivity index (χ4v) is 7.07. The highest BCUT2D eigenvalue weighted by molar-refractivity contribution is 5.99. The summed E-state index contributed by atoms with van der Waals surface area (Å²) in [5.74, 6) is -1.82. The van der Waals surface area contributed by atoms with Gasteiger partial charge in [0.1, 0.15) is 11.6 Å². The van der Waals surface area contributed by atoms with Gasteiger partial charge in [-0.3, -0.25) is 14.4 Å². The van der Waals surface area contributed by atoms with Crippen LogP contribution in [0.5, 0.6) is 0 Å². The van der Waals surface area contributed by atoms with Crippen LogP contribution in [0.2, 0.25) is 0 Å². The van der Waals surface area contributed by atoms with Gasteiger partial charge in [-0.05, 0) is 44.1 Å². The molecule has 0 saturated carbocycles. The number of rotatable bonds is 14. The van der Waals surface area contributed by atoms with E-state index in [0.717, 1.165) is 12.0 Å². The van der Waals surface area contributed by atoms with Crippen LogP contribution in [0.25, 0.3) is 0 Å². The van der Waals surface area contributed by atoms with Crippen molar-refractivity contribution in [1.29, 1.82) is 0 Å². The minimum atomic E-state index is -1.05. The molecule has 3 fully saturated rings. The summed E-state index contributed by atoms with van der Waals surface area (Å²) in [6.45, 7) is 11.2. The number of hydrogen-bond acceptors (Lipinski definition) is 5. The molecule has 3 amide bonds. The molecular formula is C31H43N3O5. The molecule has 1 spiro atoms. The van der Waals surface area contributed by atoms with E-state index in [1.165, 1.54) is 0 Å². The van der Waals surface area contributed by atoms with E-state index in [-0.39, 0.29) is 24.3 Å². The number of likely N-dealkylation sites (N-methyl/N-ethyl adjacent to an activating group) is 1. The van der Waals surface area contributed by atoms with Crippen LogP contribution < -0.4 is 0 Å². The number of nitrogens with zero attached hydrogens (tertiary/aromatic N) is 3. The summed E-state index contributed by atoms with van der Waals surface area (Å²) in [5, 5.41) is 9.27. The zero-order valence-corrected chi connectivity index (χ0v) is 23.4. The Hall–Kier alpha value is -2.97. The molecule has 5 atom stereocenters. The van der Waals surface area contributed by atoms with Gasteiger partial charge in [0.15, 0.2) is 0 Å². The summed E-state index contributed by atoms with van der Waals surface area (Å²) in [5.41, 5.74) is -0.828. The zero-order chi connectivity index (χ0) is 28.2. The average molecular weight is 538 g/mol. The number of ether oxygens (including phenoxy) is 1. The molecule has 0 aliphatic carbocycles. The molecule has 2 bridgehead atoms. The molecule has 8 nitrogen and oxygen atoms in total. The number of benzene rings is 1. The van der Waals surface area contributed by atoms with Crippen molar-refractivity contribution in [2.45, 2.75) is 69.2 Å². The van der Waals surface area contributed by atoms with E-state index in [1.54, 1.807) is 33.9 Å². The van der Waals surface area contributed by atoms with Gasteiger partial charge in [-0.25, -0.2) is 0 Å². The van der Waals surface area contributed by atoms with Crippen LogP contribution in [-0.4, -0.2) is 88.1 Å². The van der Waals surface area contributed by atoms with Crippen molar-refractivity contribution in [3.63, 3.8) is 0 Å². The Kier molecular flexibility index (Phi) is 8.96. The van der Waals surface area contributed by atoms with E-state index in [0.29, 0.717) is 58.3 Å². The van der Waals surface area contributed by atoms with Gasteiger partial charge in [-0.15, -0.1) is 13.2 Å². The van der Waals surface area contributed by atoms with Crippen LogP contribution in [0.3, 0.4) is 0 Å². The highest BCUT2D eigenvalue weighted by atomic mass is 16.5. The molecule has 212 valence electrons. The molecule has 3 aliphatic rings. The first kappa shape index (κ1) is 29.0. The van der Waals surface area contributed by atoms with Crippen LogP contribution in [-0.2, 0) is 25.7 Å². The highest BCUT2D eigenvalue weighted by Crippen LogP contribution is 2.64. The Morgan fingerprint density at radius 2 is 1.82 bits per heavy atom. The molecule has 4 rings (SSSR count). The van der Waals surface area contributed by atoms with Crippen molar-refractivity contribution in [2.24, 2.45) is 11.8 Å². The standard InChI is InChI=1S/C31H43N3O5/c1-5-18-32(4)27(36)24-25-28(37)34(20-12-9-13-21-35)26(31(25)17-16-30(24,7-3)39-31)29(38)33(19-6-2)22-23-14-10-8-11-15-23/h5-6,8,10-11,14-15,24-26,35H,1-2,7,9,12-13,16-22H2,3-4H3/t24-,25-,26?,30+,31?/m0/s1. The summed E-state index contributed by atoms with van der Waals surface area (Å²) in [6.07, 6.45) is 7.19. The Labute approximate surface area is 232 Å². The Morgan fingerprint density at radius 3 is 2.46 bits per heavy atom. The van der Waals surface area contributed by atoms with Crippen LogP contribution in [0.15, 0.2) is 55.6 Å². The molecule has 3 saturated heterocycles. The number of unbranched alkanes of at least 4 members (excludes halogenated alkanes) is 2. The quantitative estimate of drug-likeness (QED) is 0.291. The Balaban J connectivity index is 1.74. The summed E-state index contributed by atoms with van der Waals surface area (Å²) in [4.78, 5) is 47.6. The molecule has 2 unspecified atom stereocenters. The lowest BCUT2D eigenvalue weighted by Gasteiger charge is -2.37. The van der Waals surface area contributed by atoms with Gasteiger partial charge in [0, 0.05) is 39.8 Å². The lowest BCUT2D eigenvalue weighted by molar-refractivity contribution is -0.155. The van der Waals surface area contributed by atoms with Crippen LogP contribution >= 0.6 is 0 Å². The molecule has 39 heavy (non-hydrogen) atoms. The number of fused-ring (bicyclic) bond motifs is 1. The minimum Gasteiger partial charge on any atom is -0.396 e. The van der Waals surface area contributed by atoms with Crippen molar-refractivity contribution in [3.05, 3.63) is 61.2 Å². The summed E-state index contributed by atoms with van der Waals surface area (Å²) >= 11 is 0. The zero-order valence-electron chi connectivity index (χ0n) is 23.4. The normalized spacial score (nSPS) is 28.8. The maximum Gasteiger partial charge on any atom is 0.248 e. The third-order valence-electron chi connectivity index (χ3n) is 8.89. The second-order valence-electron chi connectivity index (χ2n) is 11.1. The van der Waals surface area contributed by atoms with Crippen molar-refractivity contribution < 1.29 is 24.2 Å². The number of amides is 3. The summed E-state index contributed by atoms with van der Waals surface area (Å²) < 4.78 is 6.87. The van der Waals surface area contributed by atoms with Gasteiger partial charge < -0.3 is 24.5 Å². The largest absolute Gasteiger partial charge is 0.396 e. The molecule has 3 aliphatic heterocycles. The van der Waals surface area contributed by atoms with Crippen molar-refractivity contribution in [1.82, 2.24) is 14.7 Å². The predicted octanol–water partition coefficient (Wildman–Crippen LogP) is 3.16. The van der Waals surface area contributed by atoms with Gasteiger partial charge in [-0.2, -0.15) is 0 Å². The first-order valence-electron chi connectivity index (χ1n) is 14.2. The van der Waals surface area contributed by atoms with Crippen LogP contribution in [0, 0.1) is 11.8 Å². The smallest absolute Gasteiger partial charge is 0.248 e. The summed E-state index contributed by atoms with van der Waals surface area (Å²) in [6, 6.07) is 8.96. The highest BCUT2D eigenvalue weighted by Gasteiger charge is 2.78. The van der Waals surface area contributed by atoms with Gasteiger partial charge in [0.25, 0.3) is 0 Å². The first-order valence-corrected chi connectivity index (χ1v) is 14.2. The molecule has 1 aromatic rings. The lowest BCUT2D eigenvalue weighted by Crippen LogP contribution is -2.56. The maximum absolute atomic E-state index is 14.5. The fourth-order valence-electron chi connectivity index (χ4n) is 7.07. The molecule has 0 aromatic heterocycles. The first-order chi connectivity index (χ1) is 18.8. The predicted molar refractivity (Wildman–Crippen MR) is 149 cm³/mol. The van der Waals surface area contributed by atoms with Crippen molar-refractivity contribution in [2.75, 3.05) is 33.3 Å². The van der Waals surface area contributed by atoms with Crippen LogP contribution in [0.1, 0.15) is 51.0 Å². The minimum absolute atomic E-state index is 0.0847. The van der Waals surface area contributed by atoms with E-state index in [4.69, 9.17) is 4.74 Å². The number of carbonyl (C=O) groups is 3. The topological polar surface area (TPSA) is 90.4 Å². The molecule has 3 heterocycles. The molecule has 1 aromatic carbocycles. The maximum atomic E-state index is 14.5. The van der Waals surface area contributed by atoms with Gasteiger partial charge in [0.2, 0.25) is 17.7 Å². The molecule has 0 radical (unpaired) electrons. The van der Waals surface area contributed by atoms with E-state index in [9.17, 15) is 19.5 Å². The molecular weight excluding hydrogens is 494 g/mol. The third kappa shape index (κ3) is 5.05. The molecule has 1 N–H and O–H groups in total. The van der Waals surface area contributed by atoms with Gasteiger partial charge in [0.05, 0.1) is 17.4 Å². The average Bonchev–Trinajstić information content (AvgIpc) is 3.54. The second-order valence-corrected chi connectivity index (χ2v) is 11.1. The number of likely N-dealkylation sites (tertiary alicyclic amines) is 1. The van der Waals surface area contributed by atoms with E-state index >= 15 is 0 Å². The molecule has 8 heteroatoms. The number of hydrogen-bond donors (Lipinski definition) is 1. The van der Waals surface area contributed by atoms with Gasteiger partial charge >= 0.3 is 0 Å². The number of aliphatic hydroxyl groups is 1. The van der Waals surface area contributed by atoms with Crippen molar-refractivity contribution >= 4 is 17.7 Å². The van der Waals surface area contributed by atoms with E-state index < -0.39 is 29.1 Å². The second kappa shape index (κ2) is 12.0. The van der Waals surface area contributed by atoms with Crippen LogP contribution in [0.4, 0.5) is 0 Å². The van der Waals surface area contributed by atoms with Gasteiger partial charge in [-0.1, -0.05) is 49.4 Å². The number of carbonyl (C=O) groups excluding carboxylic acids is 3. The number of aliphatic hydroxyl groups excluding tert-OH is 1.